The maximum absolute atomic E-state index is 13.2. The summed E-state index contributed by atoms with van der Waals surface area (Å²) >= 11 is 0. The lowest BCUT2D eigenvalue weighted by molar-refractivity contribution is -0.140. The van der Waals surface area contributed by atoms with Gasteiger partial charge >= 0.3 is 6.18 Å². The van der Waals surface area contributed by atoms with Crippen LogP contribution in [-0.2, 0) is 11.0 Å². The van der Waals surface area contributed by atoms with Crippen LogP contribution < -0.4 is 11.2 Å². The van der Waals surface area contributed by atoms with Crippen molar-refractivity contribution in [3.05, 3.63) is 30.2 Å². The Morgan fingerprint density at radius 1 is 1.30 bits per heavy atom. The van der Waals surface area contributed by atoms with Crippen molar-refractivity contribution in [2.45, 2.75) is 19.0 Å². The lowest BCUT2D eigenvalue weighted by Crippen LogP contribution is -2.29. The fourth-order valence-corrected chi connectivity index (χ4v) is 2.17. The molecule has 0 aliphatic carbocycles. The number of carbonyl (C=O) groups is 1. The molecular formula is C13H11F3N6O. The van der Waals surface area contributed by atoms with Crippen LogP contribution in [-0.4, -0.2) is 26.5 Å². The van der Waals surface area contributed by atoms with Crippen molar-refractivity contribution >= 4 is 17.6 Å². The third-order valence-corrected chi connectivity index (χ3v) is 3.22. The number of carbonyl (C=O) groups excluding carboxylic acids is 1. The van der Waals surface area contributed by atoms with Crippen LogP contribution >= 0.6 is 0 Å². The normalized spacial score (nSPS) is 15.3. The molecule has 0 saturated heterocycles. The number of rotatable bonds is 1. The molecular weight excluding hydrogens is 313 g/mol. The van der Waals surface area contributed by atoms with Crippen molar-refractivity contribution in [3.63, 3.8) is 0 Å². The Morgan fingerprint density at radius 3 is 2.70 bits per heavy atom. The van der Waals surface area contributed by atoms with Gasteiger partial charge in [-0.05, 0) is 17.7 Å². The molecule has 3 N–H and O–H groups in total. The zero-order valence-corrected chi connectivity index (χ0v) is 11.6. The minimum Gasteiger partial charge on any atom is -0.384 e. The van der Waals surface area contributed by atoms with Crippen molar-refractivity contribution in [3.8, 4) is 11.1 Å². The van der Waals surface area contributed by atoms with Gasteiger partial charge < -0.3 is 5.73 Å². The Bertz CT molecular complexity index is 795. The van der Waals surface area contributed by atoms with E-state index in [1.54, 1.807) is 0 Å². The van der Waals surface area contributed by atoms with E-state index in [1.165, 1.54) is 24.5 Å². The minimum atomic E-state index is -4.64. The lowest BCUT2D eigenvalue weighted by Gasteiger charge is -2.11. The molecule has 0 saturated carbocycles. The molecule has 1 aliphatic rings. The first-order valence-electron chi connectivity index (χ1n) is 6.59. The van der Waals surface area contributed by atoms with Crippen molar-refractivity contribution in [2.24, 2.45) is 5.10 Å². The van der Waals surface area contributed by atoms with Gasteiger partial charge in [-0.2, -0.15) is 23.4 Å². The number of nitrogen functional groups attached to an aromatic ring is 1. The first-order valence-corrected chi connectivity index (χ1v) is 6.59. The van der Waals surface area contributed by atoms with Gasteiger partial charge in [-0.3, -0.25) is 4.79 Å². The Morgan fingerprint density at radius 2 is 2.09 bits per heavy atom. The number of pyridine rings is 1. The number of aromatic nitrogens is 3. The van der Waals surface area contributed by atoms with Crippen molar-refractivity contribution in [2.75, 3.05) is 5.73 Å². The summed E-state index contributed by atoms with van der Waals surface area (Å²) in [5, 5.41) is 7.33. The molecule has 23 heavy (non-hydrogen) atoms. The van der Waals surface area contributed by atoms with E-state index < -0.39 is 11.9 Å². The number of nitrogens with one attached hydrogen (secondary N) is 1. The highest BCUT2D eigenvalue weighted by molar-refractivity contribution is 5.92. The summed E-state index contributed by atoms with van der Waals surface area (Å²) in [4.78, 5) is 14.8. The van der Waals surface area contributed by atoms with Crippen molar-refractivity contribution in [1.82, 2.24) is 20.2 Å². The first kappa shape index (κ1) is 15.0. The highest BCUT2D eigenvalue weighted by atomic mass is 19.4. The third kappa shape index (κ3) is 3.00. The van der Waals surface area contributed by atoms with Gasteiger partial charge in [-0.1, -0.05) is 0 Å². The lowest BCUT2D eigenvalue weighted by atomic mass is 10.1. The monoisotopic (exact) mass is 324 g/mol. The number of nitrogens with zero attached hydrogens (tertiary/aromatic N) is 4. The van der Waals surface area contributed by atoms with Crippen molar-refractivity contribution < 1.29 is 18.0 Å². The Labute approximate surface area is 128 Å². The van der Waals surface area contributed by atoms with Crippen LogP contribution in [0, 0.1) is 0 Å². The van der Waals surface area contributed by atoms with Gasteiger partial charge in [-0.15, -0.1) is 0 Å². The second-order valence-electron chi connectivity index (χ2n) is 4.87. The molecule has 2 aromatic heterocycles. The largest absolute Gasteiger partial charge is 0.435 e. The number of hydrazone groups is 1. The zero-order chi connectivity index (χ0) is 16.6. The average molecular weight is 324 g/mol. The van der Waals surface area contributed by atoms with Crippen LogP contribution in [0.15, 0.2) is 29.6 Å². The molecule has 7 nitrogen and oxygen atoms in total. The molecule has 1 amide bonds. The summed E-state index contributed by atoms with van der Waals surface area (Å²) in [6, 6.07) is 2.75. The summed E-state index contributed by atoms with van der Waals surface area (Å²) in [5.41, 5.74) is 6.81. The van der Waals surface area contributed by atoms with Crippen LogP contribution in [0.4, 0.5) is 19.0 Å². The molecule has 1 aliphatic heterocycles. The average Bonchev–Trinajstić information content (AvgIpc) is 2.93. The van der Waals surface area contributed by atoms with Crippen LogP contribution in [0.3, 0.4) is 0 Å². The molecule has 2 aromatic rings. The fraction of sp³-hybridized carbons (Fsp3) is 0.231. The standard InChI is InChI=1S/C13H11F3N6O/c14-13(15,16)12-8(7-3-4-18-9(17)5-7)6-22(21-12)10-1-2-11(23)20-19-10/h3-6H,1-2H2,(H2,17,18)(H,20,23). The molecule has 3 heterocycles. The van der Waals surface area contributed by atoms with Crippen LogP contribution in [0.1, 0.15) is 18.5 Å². The van der Waals surface area contributed by atoms with E-state index in [0.717, 1.165) is 4.68 Å². The van der Waals surface area contributed by atoms with E-state index >= 15 is 0 Å². The third-order valence-electron chi connectivity index (χ3n) is 3.22. The number of anilines is 1. The number of hydrogen-bond donors (Lipinski definition) is 2. The van der Waals surface area contributed by atoms with E-state index in [-0.39, 0.29) is 41.5 Å². The Balaban J connectivity index is 2.10. The summed E-state index contributed by atoms with van der Waals surface area (Å²) in [6.45, 7) is 0. The van der Waals surface area contributed by atoms with Gasteiger partial charge in [-0.25, -0.2) is 15.1 Å². The smallest absolute Gasteiger partial charge is 0.384 e. The number of halogens is 3. The molecule has 0 spiro atoms. The molecule has 0 aromatic carbocycles. The predicted molar refractivity (Wildman–Crippen MR) is 75.1 cm³/mol. The topological polar surface area (TPSA) is 98.2 Å². The highest BCUT2D eigenvalue weighted by Crippen LogP contribution is 2.36. The molecule has 3 rings (SSSR count). The molecule has 0 atom stereocenters. The maximum Gasteiger partial charge on any atom is 0.435 e. The first-order chi connectivity index (χ1) is 10.8. The molecule has 10 heteroatoms. The molecule has 120 valence electrons. The second kappa shape index (κ2) is 5.38. The minimum absolute atomic E-state index is 0.102. The van der Waals surface area contributed by atoms with Crippen LogP contribution in [0.2, 0.25) is 0 Å². The SMILES string of the molecule is Nc1cc(-c2cn(C3=NNC(=O)CC3)nc2C(F)(F)F)ccn1. The van der Waals surface area contributed by atoms with Crippen molar-refractivity contribution in [1.29, 1.82) is 0 Å². The van der Waals surface area contributed by atoms with Gasteiger partial charge in [0.05, 0.1) is 0 Å². The van der Waals surface area contributed by atoms with E-state index in [1.807, 2.05) is 0 Å². The second-order valence-corrected chi connectivity index (χ2v) is 4.87. The number of nitrogens with two attached hydrogens (primary N) is 1. The van der Waals surface area contributed by atoms with Crippen LogP contribution in [0.25, 0.3) is 11.1 Å². The van der Waals surface area contributed by atoms with E-state index in [2.05, 4.69) is 20.6 Å². The highest BCUT2D eigenvalue weighted by Gasteiger charge is 2.38. The predicted octanol–water partition coefficient (Wildman–Crippen LogP) is 1.62. The Hall–Kier alpha value is -2.91. The van der Waals surface area contributed by atoms with E-state index in [0.29, 0.717) is 0 Å². The molecule has 0 fully saturated rings. The summed E-state index contributed by atoms with van der Waals surface area (Å²) in [5.74, 6) is 0.0353. The zero-order valence-electron chi connectivity index (χ0n) is 11.6. The van der Waals surface area contributed by atoms with Gasteiger partial charge in [0.2, 0.25) is 5.91 Å². The Kier molecular flexibility index (Phi) is 3.51. The quantitative estimate of drug-likeness (QED) is 0.833. The van der Waals surface area contributed by atoms with Gasteiger partial charge in [0.1, 0.15) is 5.82 Å². The number of hydrogen-bond acceptors (Lipinski definition) is 5. The number of alkyl halides is 3. The van der Waals surface area contributed by atoms with Gasteiger partial charge in [0, 0.05) is 30.8 Å². The summed E-state index contributed by atoms with van der Waals surface area (Å²) in [6.07, 6.45) is -1.77. The summed E-state index contributed by atoms with van der Waals surface area (Å²) in [7, 11) is 0. The van der Waals surface area contributed by atoms with Crippen LogP contribution in [0.5, 0.6) is 0 Å². The van der Waals surface area contributed by atoms with Gasteiger partial charge in [0.25, 0.3) is 0 Å². The fourth-order valence-electron chi connectivity index (χ4n) is 2.17. The molecule has 0 radical (unpaired) electrons. The summed E-state index contributed by atoms with van der Waals surface area (Å²) < 4.78 is 40.8. The van der Waals surface area contributed by atoms with Gasteiger partial charge in [0.15, 0.2) is 11.5 Å². The van der Waals surface area contributed by atoms with E-state index in [4.69, 9.17) is 5.73 Å². The van der Waals surface area contributed by atoms with E-state index in [9.17, 15) is 18.0 Å². The maximum atomic E-state index is 13.2. The molecule has 0 bridgehead atoms. The number of amides is 1. The molecule has 0 unspecified atom stereocenters.